The average Bonchev–Trinajstić information content (AvgIpc) is 3.10. The lowest BCUT2D eigenvalue weighted by Gasteiger charge is -2.27. The number of H-pyrrole nitrogens is 1. The predicted octanol–water partition coefficient (Wildman–Crippen LogP) is 5.16. The van der Waals surface area contributed by atoms with Gasteiger partial charge < -0.3 is 15.4 Å². The number of alkyl halides is 1. The maximum Gasteiger partial charge on any atom is 0.230 e. The standard InChI is InChI=1S/C26H34FN3O2/c1-15(2)22-19-13-18(25(4,5)24(31)29-14-21(27)26(6,7)32)8-9-20(19)30-23(22)17-10-11-28-16(3)12-17/h8-13,15,21,30,32H,14H2,1-7H3,(H,29,31). The average molecular weight is 440 g/mol. The maximum atomic E-state index is 14.1. The van der Waals surface area contributed by atoms with Crippen molar-refractivity contribution in [2.24, 2.45) is 0 Å². The zero-order valence-electron chi connectivity index (χ0n) is 20.0. The van der Waals surface area contributed by atoms with Crippen LogP contribution in [-0.2, 0) is 10.2 Å². The number of aliphatic hydroxyl groups is 1. The number of benzene rings is 1. The molecule has 1 amide bonds. The SMILES string of the molecule is Cc1cc(-c2[nH]c3ccc(C(C)(C)C(=O)NCC(F)C(C)(C)O)cc3c2C(C)C)ccn1. The van der Waals surface area contributed by atoms with Crippen molar-refractivity contribution < 1.29 is 14.3 Å². The van der Waals surface area contributed by atoms with Gasteiger partial charge in [0.2, 0.25) is 5.91 Å². The van der Waals surface area contributed by atoms with Crippen molar-refractivity contribution in [2.45, 2.75) is 71.6 Å². The fourth-order valence-electron chi connectivity index (χ4n) is 3.91. The second-order valence-corrected chi connectivity index (χ2v) is 9.97. The van der Waals surface area contributed by atoms with E-state index in [1.54, 1.807) is 0 Å². The molecule has 0 spiro atoms. The molecule has 2 aromatic heterocycles. The minimum Gasteiger partial charge on any atom is -0.387 e. The third kappa shape index (κ3) is 4.70. The van der Waals surface area contributed by atoms with Crippen LogP contribution in [0.4, 0.5) is 4.39 Å². The molecule has 0 bridgehead atoms. The van der Waals surface area contributed by atoms with Gasteiger partial charge in [0.05, 0.1) is 23.3 Å². The van der Waals surface area contributed by atoms with Crippen LogP contribution >= 0.6 is 0 Å². The van der Waals surface area contributed by atoms with E-state index in [4.69, 9.17) is 0 Å². The molecule has 172 valence electrons. The molecule has 6 heteroatoms. The van der Waals surface area contributed by atoms with Crippen LogP contribution in [-0.4, -0.2) is 39.3 Å². The molecule has 1 atom stereocenters. The molecule has 0 fully saturated rings. The molecule has 0 saturated heterocycles. The molecule has 2 heterocycles. The number of carbonyl (C=O) groups is 1. The van der Waals surface area contributed by atoms with Crippen LogP contribution in [0.5, 0.6) is 0 Å². The molecule has 0 aliphatic heterocycles. The van der Waals surface area contributed by atoms with Gasteiger partial charge in [-0.3, -0.25) is 9.78 Å². The van der Waals surface area contributed by atoms with Gasteiger partial charge in [-0.15, -0.1) is 0 Å². The molecule has 0 aliphatic carbocycles. The van der Waals surface area contributed by atoms with Gasteiger partial charge in [0.25, 0.3) is 0 Å². The molecule has 3 aromatic rings. The Labute approximate surface area is 189 Å². The van der Waals surface area contributed by atoms with E-state index in [1.807, 2.05) is 45.2 Å². The number of aromatic amines is 1. The summed E-state index contributed by atoms with van der Waals surface area (Å²) in [6.07, 6.45) is 0.263. The molecule has 1 aromatic carbocycles. The number of fused-ring (bicyclic) bond motifs is 1. The van der Waals surface area contributed by atoms with Crippen LogP contribution in [0.3, 0.4) is 0 Å². The summed E-state index contributed by atoms with van der Waals surface area (Å²) in [5, 5.41) is 13.5. The smallest absolute Gasteiger partial charge is 0.230 e. The zero-order chi connectivity index (χ0) is 23.8. The number of hydrogen-bond acceptors (Lipinski definition) is 3. The van der Waals surface area contributed by atoms with Crippen LogP contribution in [0.15, 0.2) is 36.5 Å². The molecule has 3 N–H and O–H groups in total. The fraction of sp³-hybridized carbons (Fsp3) is 0.462. The van der Waals surface area contributed by atoms with Crippen molar-refractivity contribution in [3.8, 4) is 11.3 Å². The normalized spacial score (nSPS) is 13.6. The number of nitrogens with zero attached hydrogens (tertiary/aromatic N) is 1. The minimum absolute atomic E-state index is 0.235. The highest BCUT2D eigenvalue weighted by Gasteiger charge is 2.33. The molecule has 1 unspecified atom stereocenters. The minimum atomic E-state index is -1.55. The van der Waals surface area contributed by atoms with Gasteiger partial charge in [0, 0.05) is 28.4 Å². The van der Waals surface area contributed by atoms with E-state index in [2.05, 4.69) is 41.3 Å². The van der Waals surface area contributed by atoms with Crippen LogP contribution < -0.4 is 5.32 Å². The van der Waals surface area contributed by atoms with Gasteiger partial charge >= 0.3 is 0 Å². The van der Waals surface area contributed by atoms with E-state index in [9.17, 15) is 14.3 Å². The summed E-state index contributed by atoms with van der Waals surface area (Å²) in [5.74, 6) is -0.0196. The summed E-state index contributed by atoms with van der Waals surface area (Å²) < 4.78 is 14.1. The monoisotopic (exact) mass is 439 g/mol. The molecule has 5 nitrogen and oxygen atoms in total. The molecule has 0 aliphatic rings. The van der Waals surface area contributed by atoms with E-state index < -0.39 is 17.2 Å². The summed E-state index contributed by atoms with van der Waals surface area (Å²) in [7, 11) is 0. The number of carbonyl (C=O) groups excluding carboxylic acids is 1. The predicted molar refractivity (Wildman–Crippen MR) is 128 cm³/mol. The van der Waals surface area contributed by atoms with E-state index in [0.717, 1.165) is 33.4 Å². The first-order valence-corrected chi connectivity index (χ1v) is 11.1. The Morgan fingerprint density at radius 3 is 2.47 bits per heavy atom. The molecule has 0 saturated carbocycles. The molecular weight excluding hydrogens is 405 g/mol. The molecule has 0 radical (unpaired) electrons. The number of amides is 1. The van der Waals surface area contributed by atoms with Gasteiger partial charge in [0.1, 0.15) is 6.17 Å². The van der Waals surface area contributed by atoms with Gasteiger partial charge in [-0.1, -0.05) is 19.9 Å². The first kappa shape index (κ1) is 23.9. The molecule has 32 heavy (non-hydrogen) atoms. The number of halogens is 1. The summed E-state index contributed by atoms with van der Waals surface area (Å²) >= 11 is 0. The summed E-state index contributed by atoms with van der Waals surface area (Å²) in [6, 6.07) is 10.1. The lowest BCUT2D eigenvalue weighted by atomic mass is 9.82. The molecular formula is C26H34FN3O2. The van der Waals surface area contributed by atoms with Crippen molar-refractivity contribution in [3.05, 3.63) is 53.3 Å². The van der Waals surface area contributed by atoms with Crippen LogP contribution in [0, 0.1) is 6.92 Å². The number of pyridine rings is 1. The van der Waals surface area contributed by atoms with E-state index in [1.165, 1.54) is 19.4 Å². The van der Waals surface area contributed by atoms with Gasteiger partial charge in [-0.05, 0) is 75.9 Å². The summed E-state index contributed by atoms with van der Waals surface area (Å²) in [4.78, 5) is 20.8. The number of aryl methyl sites for hydroxylation is 1. The quantitative estimate of drug-likeness (QED) is 0.476. The number of hydrogen-bond donors (Lipinski definition) is 3. The van der Waals surface area contributed by atoms with Crippen LogP contribution in [0.25, 0.3) is 22.2 Å². The number of nitrogens with one attached hydrogen (secondary N) is 2. The number of rotatable bonds is 7. The van der Waals surface area contributed by atoms with Crippen LogP contribution in [0.2, 0.25) is 0 Å². The largest absolute Gasteiger partial charge is 0.387 e. The Morgan fingerprint density at radius 1 is 1.19 bits per heavy atom. The zero-order valence-corrected chi connectivity index (χ0v) is 20.0. The topological polar surface area (TPSA) is 78.0 Å². The summed E-state index contributed by atoms with van der Waals surface area (Å²) in [5.41, 5.74) is 3.76. The lowest BCUT2D eigenvalue weighted by molar-refractivity contribution is -0.126. The van der Waals surface area contributed by atoms with E-state index >= 15 is 0 Å². The highest BCUT2D eigenvalue weighted by Crippen LogP contribution is 2.37. The van der Waals surface area contributed by atoms with Crippen molar-refractivity contribution in [1.29, 1.82) is 0 Å². The Balaban J connectivity index is 1.99. The highest BCUT2D eigenvalue weighted by molar-refractivity contribution is 5.94. The second-order valence-electron chi connectivity index (χ2n) is 9.97. The first-order chi connectivity index (χ1) is 14.8. The lowest BCUT2D eigenvalue weighted by Crippen LogP contribution is -2.47. The van der Waals surface area contributed by atoms with Crippen molar-refractivity contribution in [2.75, 3.05) is 6.54 Å². The number of aromatic nitrogens is 2. The second kappa shape index (κ2) is 8.66. The third-order valence-electron chi connectivity index (χ3n) is 6.10. The Morgan fingerprint density at radius 2 is 1.88 bits per heavy atom. The Bertz CT molecular complexity index is 1130. The Kier molecular flexibility index (Phi) is 6.47. The fourth-order valence-corrected chi connectivity index (χ4v) is 3.91. The van der Waals surface area contributed by atoms with E-state index in [0.29, 0.717) is 0 Å². The van der Waals surface area contributed by atoms with Gasteiger partial charge in [-0.2, -0.15) is 0 Å². The van der Waals surface area contributed by atoms with E-state index in [-0.39, 0.29) is 18.4 Å². The van der Waals surface area contributed by atoms with Crippen molar-refractivity contribution in [3.63, 3.8) is 0 Å². The third-order valence-corrected chi connectivity index (χ3v) is 6.10. The first-order valence-electron chi connectivity index (χ1n) is 11.1. The van der Waals surface area contributed by atoms with Gasteiger partial charge in [0.15, 0.2) is 0 Å². The summed E-state index contributed by atoms with van der Waals surface area (Å²) in [6.45, 7) is 12.5. The maximum absolute atomic E-state index is 14.1. The van der Waals surface area contributed by atoms with Crippen molar-refractivity contribution in [1.82, 2.24) is 15.3 Å². The van der Waals surface area contributed by atoms with Crippen molar-refractivity contribution >= 4 is 16.8 Å². The Hall–Kier alpha value is -2.73. The molecule has 3 rings (SSSR count). The highest BCUT2D eigenvalue weighted by atomic mass is 19.1. The van der Waals surface area contributed by atoms with Crippen LogP contribution in [0.1, 0.15) is 64.3 Å². The van der Waals surface area contributed by atoms with Gasteiger partial charge in [-0.25, -0.2) is 4.39 Å².